The van der Waals surface area contributed by atoms with Gasteiger partial charge in [0.1, 0.15) is 5.75 Å². The molecule has 4 aromatic rings. The first kappa shape index (κ1) is 33.0. The van der Waals surface area contributed by atoms with Crippen LogP contribution in [0.5, 0.6) is 5.75 Å². The van der Waals surface area contributed by atoms with Gasteiger partial charge < -0.3 is 19.9 Å². The number of nitrogens with one attached hydrogen (secondary N) is 1. The van der Waals surface area contributed by atoms with Crippen LogP contribution >= 0.6 is 27.5 Å². The number of amides is 1. The second-order valence-electron chi connectivity index (χ2n) is 10.8. The molecule has 11 heteroatoms. The average molecular weight is 703 g/mol. The standard InChI is InChI=1S/C35H33BrClN5O4/c36-31-12-4-3-11-30(31)32-35(22-26-8-1-2-9-27(26)23-40-42-38,34(44)39-18-17-24-7-5-10-28(37)21-24)41-33(46-32)25-13-15-29(16-14-25)45-20-6-19-43/h1-5,7-16,21,32,43H,6,17-20,22-23H2,(H,39,44)/t32-,35-/m1/s1. The molecule has 0 unspecified atom stereocenters. The van der Waals surface area contributed by atoms with Crippen molar-refractivity contribution in [1.82, 2.24) is 5.32 Å². The van der Waals surface area contributed by atoms with Crippen LogP contribution in [0.1, 0.15) is 40.3 Å². The van der Waals surface area contributed by atoms with E-state index in [0.717, 1.165) is 26.7 Å². The van der Waals surface area contributed by atoms with E-state index in [2.05, 4.69) is 31.3 Å². The van der Waals surface area contributed by atoms with Crippen LogP contribution in [-0.4, -0.2) is 42.2 Å². The summed E-state index contributed by atoms with van der Waals surface area (Å²) in [4.78, 5) is 22.6. The number of ether oxygens (including phenoxy) is 2. The lowest BCUT2D eigenvalue weighted by atomic mass is 9.81. The zero-order chi connectivity index (χ0) is 32.4. The minimum atomic E-state index is -1.42. The van der Waals surface area contributed by atoms with Crippen LogP contribution in [0.25, 0.3) is 10.4 Å². The van der Waals surface area contributed by atoms with Gasteiger partial charge in [0, 0.05) is 51.5 Å². The highest BCUT2D eigenvalue weighted by atomic mass is 79.9. The predicted octanol–water partition coefficient (Wildman–Crippen LogP) is 7.53. The molecule has 1 aliphatic heterocycles. The SMILES string of the molecule is [N-]=[N+]=NCc1ccccc1C[C@@]1(C(=O)NCCc2cccc(Cl)c2)N=C(c2ccc(OCCCO)cc2)O[C@@H]1c1ccccc1Br. The summed E-state index contributed by atoms with van der Waals surface area (Å²) in [5.74, 6) is 0.670. The van der Waals surface area contributed by atoms with Crippen molar-refractivity contribution in [3.05, 3.63) is 145 Å². The summed E-state index contributed by atoms with van der Waals surface area (Å²) in [7, 11) is 0. The Morgan fingerprint density at radius 1 is 1.07 bits per heavy atom. The molecule has 2 N–H and O–H groups in total. The maximum atomic E-state index is 14.6. The molecular weight excluding hydrogens is 670 g/mol. The first-order valence-corrected chi connectivity index (χ1v) is 16.1. The van der Waals surface area contributed by atoms with E-state index >= 15 is 0 Å². The molecule has 5 rings (SSSR count). The third kappa shape index (κ3) is 7.89. The molecule has 46 heavy (non-hydrogen) atoms. The van der Waals surface area contributed by atoms with Crippen LogP contribution in [0.15, 0.2) is 112 Å². The maximum Gasteiger partial charge on any atom is 0.252 e. The third-order valence-corrected chi connectivity index (χ3v) is 8.65. The fraction of sp³-hybridized carbons (Fsp3) is 0.257. The smallest absolute Gasteiger partial charge is 0.252 e. The Labute approximate surface area is 281 Å². The van der Waals surface area contributed by atoms with Crippen LogP contribution < -0.4 is 10.1 Å². The number of aliphatic imine (C=N–C) groups is 1. The lowest BCUT2D eigenvalue weighted by molar-refractivity contribution is -0.128. The highest BCUT2D eigenvalue weighted by molar-refractivity contribution is 9.10. The Morgan fingerprint density at radius 2 is 1.83 bits per heavy atom. The van der Waals surface area contributed by atoms with Crippen molar-refractivity contribution in [2.75, 3.05) is 19.8 Å². The number of carbonyl (C=O) groups is 1. The predicted molar refractivity (Wildman–Crippen MR) is 182 cm³/mol. The zero-order valence-electron chi connectivity index (χ0n) is 25.0. The van der Waals surface area contributed by atoms with Gasteiger partial charge in [0.2, 0.25) is 5.90 Å². The first-order valence-electron chi connectivity index (χ1n) is 14.9. The largest absolute Gasteiger partial charge is 0.494 e. The Morgan fingerprint density at radius 3 is 2.57 bits per heavy atom. The molecule has 0 aromatic heterocycles. The number of hydrogen-bond acceptors (Lipinski definition) is 6. The van der Waals surface area contributed by atoms with E-state index in [1.54, 1.807) is 0 Å². The molecule has 0 fully saturated rings. The number of hydrogen-bond donors (Lipinski definition) is 2. The van der Waals surface area contributed by atoms with Gasteiger partial charge in [-0.3, -0.25) is 4.79 Å². The Hall–Kier alpha value is -4.34. The third-order valence-electron chi connectivity index (χ3n) is 7.69. The molecule has 236 valence electrons. The van der Waals surface area contributed by atoms with E-state index in [-0.39, 0.29) is 25.5 Å². The van der Waals surface area contributed by atoms with Crippen molar-refractivity contribution in [2.45, 2.75) is 37.5 Å². The average Bonchev–Trinajstić information content (AvgIpc) is 3.45. The summed E-state index contributed by atoms with van der Waals surface area (Å²) >= 11 is 9.88. The Kier molecular flexibility index (Phi) is 11.3. The number of nitrogens with zero attached hydrogens (tertiary/aromatic N) is 4. The van der Waals surface area contributed by atoms with Crippen LogP contribution in [0.4, 0.5) is 0 Å². The Bertz CT molecular complexity index is 1750. The fourth-order valence-electron chi connectivity index (χ4n) is 5.40. The number of aliphatic hydroxyl groups excluding tert-OH is 1. The van der Waals surface area contributed by atoms with Crippen LogP contribution in [0.3, 0.4) is 0 Å². The van der Waals surface area contributed by atoms with Gasteiger partial charge in [-0.1, -0.05) is 87.2 Å². The van der Waals surface area contributed by atoms with Crippen molar-refractivity contribution in [1.29, 1.82) is 0 Å². The minimum Gasteiger partial charge on any atom is -0.494 e. The lowest BCUT2D eigenvalue weighted by Crippen LogP contribution is -2.50. The summed E-state index contributed by atoms with van der Waals surface area (Å²) < 4.78 is 13.1. The number of aliphatic hydroxyl groups is 1. The Balaban J connectivity index is 1.56. The summed E-state index contributed by atoms with van der Waals surface area (Å²) in [6.07, 6.45) is 0.494. The second-order valence-corrected chi connectivity index (χ2v) is 12.1. The van der Waals surface area contributed by atoms with Gasteiger partial charge in [-0.25, -0.2) is 4.99 Å². The molecule has 0 bridgehead atoms. The van der Waals surface area contributed by atoms with Crippen LogP contribution in [0.2, 0.25) is 5.02 Å². The fourth-order valence-corrected chi connectivity index (χ4v) is 6.10. The highest BCUT2D eigenvalue weighted by Gasteiger charge is 2.54. The molecule has 9 nitrogen and oxygen atoms in total. The van der Waals surface area contributed by atoms with E-state index < -0.39 is 11.6 Å². The van der Waals surface area contributed by atoms with E-state index in [1.165, 1.54) is 0 Å². The normalized spacial score (nSPS) is 17.0. The topological polar surface area (TPSA) is 129 Å². The van der Waals surface area contributed by atoms with Gasteiger partial charge in [0.05, 0.1) is 13.2 Å². The van der Waals surface area contributed by atoms with Crippen molar-refractivity contribution < 1.29 is 19.4 Å². The molecule has 4 aromatic carbocycles. The molecule has 2 atom stereocenters. The maximum absolute atomic E-state index is 14.6. The number of carbonyl (C=O) groups excluding carboxylic acids is 1. The first-order chi connectivity index (χ1) is 22.4. The lowest BCUT2D eigenvalue weighted by Gasteiger charge is -2.32. The van der Waals surface area contributed by atoms with Crippen molar-refractivity contribution >= 4 is 39.3 Å². The summed E-state index contributed by atoms with van der Waals surface area (Å²) in [6.45, 7) is 0.933. The van der Waals surface area contributed by atoms with E-state index in [4.69, 9.17) is 36.7 Å². The molecular formula is C35H33BrClN5O4. The molecule has 0 aliphatic carbocycles. The van der Waals surface area contributed by atoms with Gasteiger partial charge in [-0.2, -0.15) is 0 Å². The van der Waals surface area contributed by atoms with Gasteiger partial charge in [-0.15, -0.1) is 0 Å². The highest BCUT2D eigenvalue weighted by Crippen LogP contribution is 2.45. The monoisotopic (exact) mass is 701 g/mol. The quantitative estimate of drug-likeness (QED) is 0.0609. The summed E-state index contributed by atoms with van der Waals surface area (Å²) in [6, 6.07) is 30.1. The molecule has 0 spiro atoms. The molecule has 1 heterocycles. The molecule has 0 radical (unpaired) electrons. The summed E-state index contributed by atoms with van der Waals surface area (Å²) in [5, 5.41) is 16.6. The van der Waals surface area contributed by atoms with Crippen molar-refractivity contribution in [3.8, 4) is 5.75 Å². The second kappa shape index (κ2) is 15.8. The number of halogens is 2. The van der Waals surface area contributed by atoms with Gasteiger partial charge in [0.25, 0.3) is 5.91 Å². The number of rotatable bonds is 14. The summed E-state index contributed by atoms with van der Waals surface area (Å²) in [5.41, 5.74) is 11.7. The van der Waals surface area contributed by atoms with Crippen molar-refractivity contribution in [2.24, 2.45) is 10.1 Å². The van der Waals surface area contributed by atoms with E-state index in [9.17, 15) is 4.79 Å². The number of benzene rings is 4. The van der Waals surface area contributed by atoms with E-state index in [1.807, 2.05) is 97.1 Å². The van der Waals surface area contributed by atoms with E-state index in [0.29, 0.717) is 48.2 Å². The molecule has 0 saturated heterocycles. The minimum absolute atomic E-state index is 0.0500. The van der Waals surface area contributed by atoms with Gasteiger partial charge in [-0.05, 0) is 71.1 Å². The molecule has 1 aliphatic rings. The molecule has 0 saturated carbocycles. The van der Waals surface area contributed by atoms with Gasteiger partial charge in [0.15, 0.2) is 11.6 Å². The van der Waals surface area contributed by atoms with Crippen molar-refractivity contribution in [3.63, 3.8) is 0 Å². The zero-order valence-corrected chi connectivity index (χ0v) is 27.3. The van der Waals surface area contributed by atoms with Crippen LogP contribution in [0, 0.1) is 0 Å². The molecule has 1 amide bonds. The van der Waals surface area contributed by atoms with Gasteiger partial charge >= 0.3 is 0 Å². The van der Waals surface area contributed by atoms with Crippen LogP contribution in [-0.2, 0) is 28.9 Å². The number of azide groups is 1.